The Labute approximate surface area is 143 Å². The van der Waals surface area contributed by atoms with E-state index in [0.717, 1.165) is 5.56 Å². The predicted molar refractivity (Wildman–Crippen MR) is 93.0 cm³/mol. The highest BCUT2D eigenvalue weighted by Crippen LogP contribution is 2.24. The Morgan fingerprint density at radius 3 is 2.80 bits per heavy atom. The zero-order chi connectivity index (χ0) is 17.2. The van der Waals surface area contributed by atoms with Crippen LogP contribution < -0.4 is 5.32 Å². The fraction of sp³-hybridized carbons (Fsp3) is 0.105. The van der Waals surface area contributed by atoms with Crippen molar-refractivity contribution in [3.8, 4) is 11.3 Å². The molecule has 0 spiro atoms. The summed E-state index contributed by atoms with van der Waals surface area (Å²) in [5.74, 6) is 0.992. The van der Waals surface area contributed by atoms with Crippen LogP contribution in [0.25, 0.3) is 22.4 Å². The second kappa shape index (κ2) is 6.24. The molecule has 0 aliphatic rings. The van der Waals surface area contributed by atoms with Crippen LogP contribution in [-0.4, -0.2) is 16.0 Å². The third-order valence-corrected chi connectivity index (χ3v) is 3.75. The number of anilines is 1. The molecule has 0 bridgehead atoms. The highest BCUT2D eigenvalue weighted by atomic mass is 16.5. The average molecular weight is 333 g/mol. The SMILES string of the molecule is Cc1nc2cccc(NC(=O)Cc3cc(-c4ccccc4)on3)c2o1. The molecule has 2 aromatic carbocycles. The maximum Gasteiger partial charge on any atom is 0.230 e. The summed E-state index contributed by atoms with van der Waals surface area (Å²) in [6.45, 7) is 1.77. The Hall–Kier alpha value is -3.41. The third kappa shape index (κ3) is 3.14. The molecule has 0 aliphatic heterocycles. The van der Waals surface area contributed by atoms with Gasteiger partial charge in [0.2, 0.25) is 5.91 Å². The molecule has 4 aromatic rings. The first-order valence-corrected chi connectivity index (χ1v) is 7.86. The van der Waals surface area contributed by atoms with Crippen molar-refractivity contribution in [2.24, 2.45) is 0 Å². The number of nitrogens with one attached hydrogen (secondary N) is 1. The van der Waals surface area contributed by atoms with E-state index in [-0.39, 0.29) is 12.3 Å². The van der Waals surface area contributed by atoms with Gasteiger partial charge in [0, 0.05) is 18.6 Å². The van der Waals surface area contributed by atoms with E-state index in [4.69, 9.17) is 8.94 Å². The van der Waals surface area contributed by atoms with E-state index in [1.54, 1.807) is 19.1 Å². The van der Waals surface area contributed by atoms with Gasteiger partial charge in [0.1, 0.15) is 5.52 Å². The number of benzene rings is 2. The topological polar surface area (TPSA) is 81.2 Å². The van der Waals surface area contributed by atoms with Gasteiger partial charge in [-0.3, -0.25) is 4.79 Å². The van der Waals surface area contributed by atoms with E-state index in [1.165, 1.54) is 0 Å². The zero-order valence-electron chi connectivity index (χ0n) is 13.5. The van der Waals surface area contributed by atoms with E-state index in [1.807, 2.05) is 42.5 Å². The van der Waals surface area contributed by atoms with Gasteiger partial charge in [-0.05, 0) is 12.1 Å². The van der Waals surface area contributed by atoms with Gasteiger partial charge in [0.25, 0.3) is 0 Å². The largest absolute Gasteiger partial charge is 0.439 e. The summed E-state index contributed by atoms with van der Waals surface area (Å²) in [7, 11) is 0. The lowest BCUT2D eigenvalue weighted by Crippen LogP contribution is -2.14. The van der Waals surface area contributed by atoms with E-state index >= 15 is 0 Å². The van der Waals surface area contributed by atoms with Crippen molar-refractivity contribution in [2.75, 3.05) is 5.32 Å². The summed E-state index contributed by atoms with van der Waals surface area (Å²) in [6, 6.07) is 16.8. The van der Waals surface area contributed by atoms with Crippen LogP contribution in [0.2, 0.25) is 0 Å². The summed E-state index contributed by atoms with van der Waals surface area (Å²) in [6.07, 6.45) is 0.111. The zero-order valence-corrected chi connectivity index (χ0v) is 13.5. The van der Waals surface area contributed by atoms with Crippen molar-refractivity contribution in [3.63, 3.8) is 0 Å². The van der Waals surface area contributed by atoms with Gasteiger partial charge in [0.15, 0.2) is 17.2 Å². The second-order valence-electron chi connectivity index (χ2n) is 5.66. The third-order valence-electron chi connectivity index (χ3n) is 3.75. The molecule has 0 aliphatic carbocycles. The van der Waals surface area contributed by atoms with Gasteiger partial charge < -0.3 is 14.3 Å². The Kier molecular flexibility index (Phi) is 3.78. The van der Waals surface area contributed by atoms with Crippen LogP contribution in [0.3, 0.4) is 0 Å². The number of aromatic nitrogens is 2. The first-order valence-electron chi connectivity index (χ1n) is 7.86. The molecule has 2 aromatic heterocycles. The van der Waals surface area contributed by atoms with E-state index < -0.39 is 0 Å². The number of nitrogens with zero attached hydrogens (tertiary/aromatic N) is 2. The molecule has 0 unspecified atom stereocenters. The number of carbonyl (C=O) groups excluding carboxylic acids is 1. The van der Waals surface area contributed by atoms with Gasteiger partial charge in [-0.1, -0.05) is 41.6 Å². The fourth-order valence-corrected chi connectivity index (χ4v) is 2.65. The highest BCUT2D eigenvalue weighted by molar-refractivity contribution is 5.99. The molecule has 124 valence electrons. The number of oxazole rings is 1. The monoisotopic (exact) mass is 333 g/mol. The van der Waals surface area contributed by atoms with Crippen LogP contribution in [0.5, 0.6) is 0 Å². The summed E-state index contributed by atoms with van der Waals surface area (Å²) in [5, 5.41) is 6.81. The highest BCUT2D eigenvalue weighted by Gasteiger charge is 2.13. The molecule has 1 N–H and O–H groups in total. The molecule has 2 heterocycles. The van der Waals surface area contributed by atoms with E-state index in [2.05, 4.69) is 15.5 Å². The Balaban J connectivity index is 1.50. The molecule has 1 amide bonds. The maximum atomic E-state index is 12.3. The van der Waals surface area contributed by atoms with Gasteiger partial charge in [-0.15, -0.1) is 0 Å². The van der Waals surface area contributed by atoms with Crippen LogP contribution >= 0.6 is 0 Å². The Bertz CT molecular complexity index is 1030. The molecule has 6 nitrogen and oxygen atoms in total. The molecular weight excluding hydrogens is 318 g/mol. The van der Waals surface area contributed by atoms with Crippen LogP contribution in [0.15, 0.2) is 63.5 Å². The minimum Gasteiger partial charge on any atom is -0.439 e. The molecule has 6 heteroatoms. The lowest BCUT2D eigenvalue weighted by atomic mass is 10.1. The first kappa shape index (κ1) is 15.1. The lowest BCUT2D eigenvalue weighted by Gasteiger charge is -2.03. The minimum atomic E-state index is -0.200. The number of amides is 1. The van der Waals surface area contributed by atoms with Gasteiger partial charge >= 0.3 is 0 Å². The lowest BCUT2D eigenvalue weighted by molar-refractivity contribution is -0.115. The minimum absolute atomic E-state index is 0.111. The number of aryl methyl sites for hydroxylation is 1. The quantitative estimate of drug-likeness (QED) is 0.611. The molecular formula is C19H15N3O3. The van der Waals surface area contributed by atoms with Gasteiger partial charge in [0.05, 0.1) is 17.8 Å². The molecule has 4 rings (SSSR count). The number of para-hydroxylation sites is 1. The molecule has 0 atom stereocenters. The summed E-state index contributed by atoms with van der Waals surface area (Å²) in [5.41, 5.74) is 3.36. The van der Waals surface area contributed by atoms with Gasteiger partial charge in [-0.2, -0.15) is 0 Å². The van der Waals surface area contributed by atoms with Crippen molar-refractivity contribution in [1.29, 1.82) is 0 Å². The molecule has 0 radical (unpaired) electrons. The van der Waals surface area contributed by atoms with E-state index in [9.17, 15) is 4.79 Å². The molecule has 25 heavy (non-hydrogen) atoms. The number of hydrogen-bond acceptors (Lipinski definition) is 5. The smallest absolute Gasteiger partial charge is 0.230 e. The fourth-order valence-electron chi connectivity index (χ4n) is 2.65. The summed E-state index contributed by atoms with van der Waals surface area (Å²) in [4.78, 5) is 16.6. The number of carbonyl (C=O) groups is 1. The Morgan fingerprint density at radius 2 is 1.96 bits per heavy atom. The van der Waals surface area contributed by atoms with Crippen molar-refractivity contribution < 1.29 is 13.7 Å². The number of hydrogen-bond donors (Lipinski definition) is 1. The molecule has 0 saturated heterocycles. The van der Waals surface area contributed by atoms with Crippen LogP contribution in [0.1, 0.15) is 11.6 Å². The van der Waals surface area contributed by atoms with Crippen molar-refractivity contribution in [3.05, 3.63) is 66.2 Å². The van der Waals surface area contributed by atoms with Crippen molar-refractivity contribution >= 4 is 22.7 Å². The first-order chi connectivity index (χ1) is 12.2. The molecule has 0 saturated carbocycles. The Morgan fingerprint density at radius 1 is 1.12 bits per heavy atom. The molecule has 0 fully saturated rings. The van der Waals surface area contributed by atoms with Crippen molar-refractivity contribution in [1.82, 2.24) is 10.1 Å². The van der Waals surface area contributed by atoms with Crippen LogP contribution in [0.4, 0.5) is 5.69 Å². The maximum absolute atomic E-state index is 12.3. The van der Waals surface area contributed by atoms with E-state index in [0.29, 0.717) is 34.1 Å². The normalized spacial score (nSPS) is 10.9. The van der Waals surface area contributed by atoms with Crippen LogP contribution in [-0.2, 0) is 11.2 Å². The second-order valence-corrected chi connectivity index (χ2v) is 5.66. The van der Waals surface area contributed by atoms with Gasteiger partial charge in [-0.25, -0.2) is 4.98 Å². The predicted octanol–water partition coefficient (Wildman–Crippen LogP) is 3.97. The summed E-state index contributed by atoms with van der Waals surface area (Å²) < 4.78 is 10.9. The summed E-state index contributed by atoms with van der Waals surface area (Å²) >= 11 is 0. The average Bonchev–Trinajstić information content (AvgIpc) is 3.22. The standard InChI is InChI=1S/C19H15N3O3/c1-12-20-15-8-5-9-16(19(15)24-12)21-18(23)11-14-10-17(25-22-14)13-6-3-2-4-7-13/h2-10H,11H2,1H3,(H,21,23). The van der Waals surface area contributed by atoms with Crippen LogP contribution in [0, 0.1) is 6.92 Å². The number of rotatable bonds is 4. The van der Waals surface area contributed by atoms with Crippen molar-refractivity contribution in [2.45, 2.75) is 13.3 Å². The number of fused-ring (bicyclic) bond motifs is 1.